The molecule has 1 aliphatic heterocycles. The summed E-state index contributed by atoms with van der Waals surface area (Å²) in [6.07, 6.45) is 0.760. The summed E-state index contributed by atoms with van der Waals surface area (Å²) in [4.78, 5) is 0. The van der Waals surface area contributed by atoms with Crippen LogP contribution in [-0.4, -0.2) is 11.9 Å². The number of hydrogen-bond donors (Lipinski definition) is 1. The second-order valence-corrected chi connectivity index (χ2v) is 3.53. The van der Waals surface area contributed by atoms with Crippen molar-refractivity contribution in [2.45, 2.75) is 6.10 Å². The van der Waals surface area contributed by atoms with Crippen LogP contribution < -0.4 is 9.47 Å². The first kappa shape index (κ1) is 9.30. The minimum atomic E-state index is -0.774. The number of aliphatic hydroxyl groups is 1. The predicted molar refractivity (Wildman–Crippen MR) is 55.3 cm³/mol. The van der Waals surface area contributed by atoms with Crippen molar-refractivity contribution >= 4 is 0 Å². The van der Waals surface area contributed by atoms with Gasteiger partial charge in [-0.2, -0.15) is 0 Å². The highest BCUT2D eigenvalue weighted by atomic mass is 16.7. The molecule has 0 fully saturated rings. The smallest absolute Gasteiger partial charge is 0.231 e. The van der Waals surface area contributed by atoms with Gasteiger partial charge in [0.2, 0.25) is 6.79 Å². The van der Waals surface area contributed by atoms with E-state index in [1.165, 1.54) is 6.26 Å². The van der Waals surface area contributed by atoms with E-state index in [0.29, 0.717) is 17.3 Å². The minimum absolute atomic E-state index is 0.232. The van der Waals surface area contributed by atoms with Gasteiger partial charge in [-0.05, 0) is 29.8 Å². The van der Waals surface area contributed by atoms with E-state index in [-0.39, 0.29) is 6.79 Å². The van der Waals surface area contributed by atoms with E-state index in [1.54, 1.807) is 30.3 Å². The predicted octanol–water partition coefficient (Wildman–Crippen LogP) is 2.09. The molecule has 82 valence electrons. The fourth-order valence-electron chi connectivity index (χ4n) is 1.69. The average molecular weight is 218 g/mol. The van der Waals surface area contributed by atoms with Gasteiger partial charge in [0.15, 0.2) is 11.5 Å². The van der Waals surface area contributed by atoms with Crippen molar-refractivity contribution < 1.29 is 19.0 Å². The lowest BCUT2D eigenvalue weighted by Gasteiger charge is -2.08. The van der Waals surface area contributed by atoms with Crippen LogP contribution in [0.4, 0.5) is 0 Å². The number of fused-ring (bicyclic) bond motifs is 1. The molecule has 1 N–H and O–H groups in total. The van der Waals surface area contributed by atoms with Crippen molar-refractivity contribution in [1.82, 2.24) is 0 Å². The molecule has 3 rings (SSSR count). The number of hydrogen-bond acceptors (Lipinski definition) is 4. The maximum atomic E-state index is 10.0. The molecule has 0 saturated carbocycles. The van der Waals surface area contributed by atoms with E-state index in [1.807, 2.05) is 0 Å². The zero-order valence-corrected chi connectivity index (χ0v) is 8.42. The van der Waals surface area contributed by atoms with Gasteiger partial charge in [0.05, 0.1) is 6.26 Å². The van der Waals surface area contributed by atoms with E-state index in [0.717, 1.165) is 5.56 Å². The van der Waals surface area contributed by atoms with Crippen LogP contribution in [-0.2, 0) is 0 Å². The van der Waals surface area contributed by atoms with Crippen molar-refractivity contribution in [2.24, 2.45) is 0 Å². The van der Waals surface area contributed by atoms with Crippen LogP contribution in [0.1, 0.15) is 17.4 Å². The second-order valence-electron chi connectivity index (χ2n) is 3.53. The Kier molecular flexibility index (Phi) is 2.08. The molecular formula is C12H10O4. The number of aliphatic hydroxyl groups excluding tert-OH is 1. The summed E-state index contributed by atoms with van der Waals surface area (Å²) in [5, 5.41) is 10.0. The van der Waals surface area contributed by atoms with Crippen LogP contribution in [0.5, 0.6) is 11.5 Å². The molecule has 2 heterocycles. The third-order valence-corrected chi connectivity index (χ3v) is 2.53. The van der Waals surface area contributed by atoms with Crippen LogP contribution in [0.15, 0.2) is 41.0 Å². The molecule has 1 aromatic heterocycles. The van der Waals surface area contributed by atoms with E-state index < -0.39 is 6.10 Å². The number of furan rings is 1. The van der Waals surface area contributed by atoms with Crippen molar-refractivity contribution in [2.75, 3.05) is 6.79 Å². The topological polar surface area (TPSA) is 51.8 Å². The maximum Gasteiger partial charge on any atom is 0.231 e. The van der Waals surface area contributed by atoms with Gasteiger partial charge in [-0.3, -0.25) is 0 Å². The molecule has 1 aromatic carbocycles. The summed E-state index contributed by atoms with van der Waals surface area (Å²) in [5.74, 6) is 1.87. The van der Waals surface area contributed by atoms with Gasteiger partial charge in [0.1, 0.15) is 11.9 Å². The molecule has 0 amide bonds. The lowest BCUT2D eigenvalue weighted by Crippen LogP contribution is -1.97. The highest BCUT2D eigenvalue weighted by Crippen LogP contribution is 2.35. The fraction of sp³-hybridized carbons (Fsp3) is 0.167. The largest absolute Gasteiger partial charge is 0.466 e. The summed E-state index contributed by atoms with van der Waals surface area (Å²) in [6.45, 7) is 0.232. The second kappa shape index (κ2) is 3.57. The van der Waals surface area contributed by atoms with Gasteiger partial charge in [0, 0.05) is 0 Å². The van der Waals surface area contributed by atoms with Crippen LogP contribution in [0.3, 0.4) is 0 Å². The normalized spacial score (nSPS) is 15.1. The first-order valence-electron chi connectivity index (χ1n) is 4.95. The van der Waals surface area contributed by atoms with Gasteiger partial charge in [0.25, 0.3) is 0 Å². The molecule has 0 unspecified atom stereocenters. The highest BCUT2D eigenvalue weighted by molar-refractivity contribution is 5.45. The summed E-state index contributed by atoms with van der Waals surface area (Å²) in [6, 6.07) is 8.81. The Morgan fingerprint density at radius 1 is 1.12 bits per heavy atom. The SMILES string of the molecule is O[C@@H](c1ccc2c(c1)OCO2)c1ccco1. The fourth-order valence-corrected chi connectivity index (χ4v) is 1.69. The zero-order valence-electron chi connectivity index (χ0n) is 8.42. The number of rotatable bonds is 2. The molecule has 0 radical (unpaired) electrons. The molecule has 0 saturated heterocycles. The zero-order chi connectivity index (χ0) is 11.0. The van der Waals surface area contributed by atoms with Gasteiger partial charge in [-0.15, -0.1) is 0 Å². The average Bonchev–Trinajstić information content (AvgIpc) is 2.98. The summed E-state index contributed by atoms with van der Waals surface area (Å²) in [5.41, 5.74) is 0.721. The lowest BCUT2D eigenvalue weighted by atomic mass is 10.1. The number of benzene rings is 1. The Morgan fingerprint density at radius 3 is 2.81 bits per heavy atom. The summed E-state index contributed by atoms with van der Waals surface area (Å²) < 4.78 is 15.6. The highest BCUT2D eigenvalue weighted by Gasteiger charge is 2.18. The maximum absolute atomic E-state index is 10.0. The monoisotopic (exact) mass is 218 g/mol. The third kappa shape index (κ3) is 1.44. The Balaban J connectivity index is 1.95. The molecule has 0 bridgehead atoms. The van der Waals surface area contributed by atoms with E-state index in [4.69, 9.17) is 13.9 Å². The Hall–Kier alpha value is -1.94. The van der Waals surface area contributed by atoms with Crippen LogP contribution in [0, 0.1) is 0 Å². The summed E-state index contributed by atoms with van der Waals surface area (Å²) >= 11 is 0. The van der Waals surface area contributed by atoms with E-state index in [9.17, 15) is 5.11 Å². The molecule has 1 aliphatic rings. The van der Waals surface area contributed by atoms with Crippen molar-refractivity contribution in [1.29, 1.82) is 0 Å². The Labute approximate surface area is 92.0 Å². The molecule has 4 nitrogen and oxygen atoms in total. The Bertz CT molecular complexity index is 490. The van der Waals surface area contributed by atoms with Crippen molar-refractivity contribution in [3.63, 3.8) is 0 Å². The van der Waals surface area contributed by atoms with E-state index >= 15 is 0 Å². The van der Waals surface area contributed by atoms with Crippen molar-refractivity contribution in [3.8, 4) is 11.5 Å². The molecular weight excluding hydrogens is 208 g/mol. The standard InChI is InChI=1S/C12H10O4/c13-12(10-2-1-5-14-10)8-3-4-9-11(6-8)16-7-15-9/h1-6,12-13H,7H2/t12-/m0/s1. The molecule has 4 heteroatoms. The first-order chi connectivity index (χ1) is 7.84. The molecule has 0 aliphatic carbocycles. The first-order valence-corrected chi connectivity index (χ1v) is 4.95. The summed E-state index contributed by atoms with van der Waals surface area (Å²) in [7, 11) is 0. The number of ether oxygens (including phenoxy) is 2. The Morgan fingerprint density at radius 2 is 2.00 bits per heavy atom. The molecule has 2 aromatic rings. The van der Waals surface area contributed by atoms with Gasteiger partial charge < -0.3 is 19.0 Å². The lowest BCUT2D eigenvalue weighted by molar-refractivity contribution is 0.173. The van der Waals surface area contributed by atoms with Crippen LogP contribution in [0.2, 0.25) is 0 Å². The van der Waals surface area contributed by atoms with Crippen molar-refractivity contribution in [3.05, 3.63) is 47.9 Å². The van der Waals surface area contributed by atoms with Crippen LogP contribution in [0.25, 0.3) is 0 Å². The minimum Gasteiger partial charge on any atom is -0.466 e. The molecule has 16 heavy (non-hydrogen) atoms. The quantitative estimate of drug-likeness (QED) is 0.838. The molecule has 0 spiro atoms. The van der Waals surface area contributed by atoms with Gasteiger partial charge in [-0.25, -0.2) is 0 Å². The van der Waals surface area contributed by atoms with Crippen LogP contribution >= 0.6 is 0 Å². The third-order valence-electron chi connectivity index (χ3n) is 2.53. The molecule has 1 atom stereocenters. The van der Waals surface area contributed by atoms with Gasteiger partial charge in [-0.1, -0.05) is 6.07 Å². The van der Waals surface area contributed by atoms with E-state index in [2.05, 4.69) is 0 Å². The van der Waals surface area contributed by atoms with Gasteiger partial charge >= 0.3 is 0 Å².